The molecule has 4 nitrogen and oxygen atoms in total. The molecule has 0 atom stereocenters. The number of hydrogen-bond acceptors (Lipinski definition) is 3. The third-order valence-corrected chi connectivity index (χ3v) is 3.33. The van der Waals surface area contributed by atoms with Crippen LogP contribution < -0.4 is 15.4 Å². The van der Waals surface area contributed by atoms with E-state index in [2.05, 4.69) is 24.5 Å². The highest BCUT2D eigenvalue weighted by Gasteiger charge is 2.03. The predicted octanol–water partition coefficient (Wildman–Crippen LogP) is 3.97. The molecule has 0 radical (unpaired) electrons. The van der Waals surface area contributed by atoms with Crippen molar-refractivity contribution in [3.05, 3.63) is 24.3 Å². The van der Waals surface area contributed by atoms with Crippen LogP contribution in [0.1, 0.15) is 52.4 Å². The van der Waals surface area contributed by atoms with E-state index in [1.807, 2.05) is 24.3 Å². The van der Waals surface area contributed by atoms with Crippen molar-refractivity contribution in [2.24, 2.45) is 0 Å². The molecule has 4 heteroatoms. The van der Waals surface area contributed by atoms with Gasteiger partial charge in [0.2, 0.25) is 5.91 Å². The lowest BCUT2D eigenvalue weighted by atomic mass is 10.1. The van der Waals surface area contributed by atoms with Gasteiger partial charge in [0, 0.05) is 11.8 Å². The van der Waals surface area contributed by atoms with E-state index in [1.54, 1.807) is 0 Å². The molecular weight excluding hydrogens is 276 g/mol. The van der Waals surface area contributed by atoms with Crippen molar-refractivity contribution in [3.63, 3.8) is 0 Å². The molecule has 0 aliphatic rings. The van der Waals surface area contributed by atoms with Gasteiger partial charge in [0.1, 0.15) is 5.75 Å². The number of carbonyl (C=O) groups excluding carboxylic acids is 1. The lowest BCUT2D eigenvalue weighted by molar-refractivity contribution is -0.115. The fourth-order valence-corrected chi connectivity index (χ4v) is 2.14. The van der Waals surface area contributed by atoms with Crippen molar-refractivity contribution in [3.8, 4) is 5.75 Å². The second-order valence-corrected chi connectivity index (χ2v) is 5.52. The van der Waals surface area contributed by atoms with Gasteiger partial charge in [-0.1, -0.05) is 45.6 Å². The van der Waals surface area contributed by atoms with E-state index in [0.717, 1.165) is 30.8 Å². The molecule has 0 spiro atoms. The van der Waals surface area contributed by atoms with E-state index in [-0.39, 0.29) is 5.91 Å². The van der Waals surface area contributed by atoms with Gasteiger partial charge in [-0.2, -0.15) is 0 Å². The summed E-state index contributed by atoms with van der Waals surface area (Å²) in [6.07, 6.45) is 7.19. The van der Waals surface area contributed by atoms with Crippen LogP contribution in [-0.2, 0) is 4.79 Å². The summed E-state index contributed by atoms with van der Waals surface area (Å²) in [6, 6.07) is 7.53. The van der Waals surface area contributed by atoms with E-state index in [1.165, 1.54) is 25.7 Å². The van der Waals surface area contributed by atoms with Crippen LogP contribution in [0.3, 0.4) is 0 Å². The maximum absolute atomic E-state index is 11.9. The normalized spacial score (nSPS) is 10.5. The van der Waals surface area contributed by atoms with Crippen LogP contribution >= 0.6 is 0 Å². The van der Waals surface area contributed by atoms with Gasteiger partial charge in [-0.3, -0.25) is 4.79 Å². The second-order valence-electron chi connectivity index (χ2n) is 5.52. The molecule has 22 heavy (non-hydrogen) atoms. The topological polar surface area (TPSA) is 50.4 Å². The van der Waals surface area contributed by atoms with Crippen LogP contribution in [0.5, 0.6) is 5.75 Å². The third-order valence-electron chi connectivity index (χ3n) is 3.33. The SMILES string of the molecule is CCCCCCCNCC(=O)Nc1cccc(OCCC)c1. The highest BCUT2D eigenvalue weighted by molar-refractivity contribution is 5.92. The molecule has 0 unspecified atom stereocenters. The molecule has 0 aliphatic carbocycles. The molecule has 0 aromatic heterocycles. The van der Waals surface area contributed by atoms with Gasteiger partial charge in [0.15, 0.2) is 0 Å². The van der Waals surface area contributed by atoms with Gasteiger partial charge >= 0.3 is 0 Å². The van der Waals surface area contributed by atoms with E-state index < -0.39 is 0 Å². The maximum atomic E-state index is 11.9. The van der Waals surface area contributed by atoms with E-state index >= 15 is 0 Å². The van der Waals surface area contributed by atoms with E-state index in [9.17, 15) is 4.79 Å². The van der Waals surface area contributed by atoms with Gasteiger partial charge in [-0.05, 0) is 31.5 Å². The number of nitrogens with one attached hydrogen (secondary N) is 2. The summed E-state index contributed by atoms with van der Waals surface area (Å²) >= 11 is 0. The summed E-state index contributed by atoms with van der Waals surface area (Å²) in [5, 5.41) is 6.08. The van der Waals surface area contributed by atoms with Crippen molar-refractivity contribution >= 4 is 11.6 Å². The predicted molar refractivity (Wildman–Crippen MR) is 92.5 cm³/mol. The molecule has 0 fully saturated rings. The number of hydrogen-bond donors (Lipinski definition) is 2. The number of benzene rings is 1. The summed E-state index contributed by atoms with van der Waals surface area (Å²) in [7, 11) is 0. The maximum Gasteiger partial charge on any atom is 0.238 e. The molecule has 0 saturated heterocycles. The van der Waals surface area contributed by atoms with Crippen molar-refractivity contribution in [2.75, 3.05) is 25.0 Å². The molecule has 1 aromatic carbocycles. The molecule has 0 heterocycles. The number of unbranched alkanes of at least 4 members (excludes halogenated alkanes) is 4. The molecule has 2 N–H and O–H groups in total. The van der Waals surface area contributed by atoms with Crippen molar-refractivity contribution < 1.29 is 9.53 Å². The molecule has 0 aliphatic heterocycles. The highest BCUT2D eigenvalue weighted by Crippen LogP contribution is 2.17. The first kappa shape index (κ1) is 18.5. The van der Waals surface area contributed by atoms with Gasteiger partial charge in [0.05, 0.1) is 13.2 Å². The Kier molecular flexibility index (Phi) is 10.1. The Morgan fingerprint density at radius 1 is 1.09 bits per heavy atom. The summed E-state index contributed by atoms with van der Waals surface area (Å²) in [5.41, 5.74) is 0.781. The summed E-state index contributed by atoms with van der Waals surface area (Å²) in [4.78, 5) is 11.9. The minimum absolute atomic E-state index is 0.0128. The van der Waals surface area contributed by atoms with Crippen LogP contribution in [0.15, 0.2) is 24.3 Å². The van der Waals surface area contributed by atoms with Gasteiger partial charge in [-0.25, -0.2) is 0 Å². The molecule has 0 bridgehead atoms. The molecule has 0 saturated carbocycles. The largest absolute Gasteiger partial charge is 0.494 e. The minimum atomic E-state index is -0.0128. The Morgan fingerprint density at radius 3 is 2.68 bits per heavy atom. The monoisotopic (exact) mass is 306 g/mol. The number of amides is 1. The second kappa shape index (κ2) is 12.0. The van der Waals surface area contributed by atoms with Gasteiger partial charge in [-0.15, -0.1) is 0 Å². The summed E-state index contributed by atoms with van der Waals surface area (Å²) < 4.78 is 5.56. The Bertz CT molecular complexity index is 421. The lowest BCUT2D eigenvalue weighted by Crippen LogP contribution is -2.28. The average molecular weight is 306 g/mol. The van der Waals surface area contributed by atoms with Crippen LogP contribution in [-0.4, -0.2) is 25.6 Å². The zero-order valence-corrected chi connectivity index (χ0v) is 14.0. The quantitative estimate of drug-likeness (QED) is 0.574. The first-order valence-electron chi connectivity index (χ1n) is 8.49. The fourth-order valence-electron chi connectivity index (χ4n) is 2.14. The van der Waals surface area contributed by atoms with E-state index in [4.69, 9.17) is 4.74 Å². The van der Waals surface area contributed by atoms with Crippen LogP contribution in [0.4, 0.5) is 5.69 Å². The first-order valence-corrected chi connectivity index (χ1v) is 8.49. The van der Waals surface area contributed by atoms with Crippen molar-refractivity contribution in [2.45, 2.75) is 52.4 Å². The minimum Gasteiger partial charge on any atom is -0.494 e. The van der Waals surface area contributed by atoms with E-state index in [0.29, 0.717) is 13.2 Å². The Labute approximate surface area is 134 Å². The van der Waals surface area contributed by atoms with Crippen LogP contribution in [0.2, 0.25) is 0 Å². The first-order chi connectivity index (χ1) is 10.8. The highest BCUT2D eigenvalue weighted by atomic mass is 16.5. The standard InChI is InChI=1S/C18H30N2O2/c1-3-5-6-7-8-12-19-15-18(21)20-16-10-9-11-17(14-16)22-13-4-2/h9-11,14,19H,3-8,12-13,15H2,1-2H3,(H,20,21). The van der Waals surface area contributed by atoms with Crippen LogP contribution in [0, 0.1) is 0 Å². The smallest absolute Gasteiger partial charge is 0.238 e. The molecular formula is C18H30N2O2. The van der Waals surface area contributed by atoms with Gasteiger partial charge in [0.25, 0.3) is 0 Å². The number of carbonyl (C=O) groups is 1. The Morgan fingerprint density at radius 2 is 1.91 bits per heavy atom. The Hall–Kier alpha value is -1.55. The molecule has 1 rings (SSSR count). The number of ether oxygens (including phenoxy) is 1. The van der Waals surface area contributed by atoms with Crippen LogP contribution in [0.25, 0.3) is 0 Å². The zero-order valence-electron chi connectivity index (χ0n) is 14.0. The van der Waals surface area contributed by atoms with Crippen molar-refractivity contribution in [1.82, 2.24) is 5.32 Å². The fraction of sp³-hybridized carbons (Fsp3) is 0.611. The summed E-state index contributed by atoms with van der Waals surface area (Å²) in [6.45, 7) is 6.23. The number of rotatable bonds is 12. The van der Waals surface area contributed by atoms with Crippen molar-refractivity contribution in [1.29, 1.82) is 0 Å². The lowest BCUT2D eigenvalue weighted by Gasteiger charge is -2.09. The average Bonchev–Trinajstić information content (AvgIpc) is 2.52. The van der Waals surface area contributed by atoms with Gasteiger partial charge < -0.3 is 15.4 Å². The summed E-state index contributed by atoms with van der Waals surface area (Å²) in [5.74, 6) is 0.782. The molecule has 1 aromatic rings. The zero-order chi connectivity index (χ0) is 16.0. The molecule has 124 valence electrons. The Balaban J connectivity index is 2.19. The third kappa shape index (κ3) is 8.67. The molecule has 1 amide bonds. The number of anilines is 1.